The smallest absolute Gasteiger partial charge is 0.222 e. The molecule has 1 aromatic rings. The second-order valence-corrected chi connectivity index (χ2v) is 5.97. The van der Waals surface area contributed by atoms with Crippen LogP contribution in [0.4, 0.5) is 0 Å². The molecule has 7 heteroatoms. The number of piperidine rings is 1. The lowest BCUT2D eigenvalue weighted by Gasteiger charge is -2.31. The van der Waals surface area contributed by atoms with E-state index in [1.165, 1.54) is 5.56 Å². The number of aromatic nitrogens is 1. The number of rotatable bonds is 5. The van der Waals surface area contributed by atoms with Crippen LogP contribution in [0.15, 0.2) is 23.3 Å². The number of carbonyl (C=O) groups is 1. The maximum atomic E-state index is 11.6. The monoisotopic (exact) mass is 445 g/mol. The fraction of sp³-hybridized carbons (Fsp3) is 0.588. The minimum Gasteiger partial charge on any atom is -0.357 e. The summed E-state index contributed by atoms with van der Waals surface area (Å²) in [6, 6.07) is 4.38. The molecule has 0 aromatic carbocycles. The summed E-state index contributed by atoms with van der Waals surface area (Å²) >= 11 is 0. The van der Waals surface area contributed by atoms with Crippen LogP contribution in [-0.4, -0.2) is 54.5 Å². The Hall–Kier alpha value is -1.38. The highest BCUT2D eigenvalue weighted by atomic mass is 127. The average Bonchev–Trinajstić information content (AvgIpc) is 2.53. The van der Waals surface area contributed by atoms with Crippen LogP contribution in [0.25, 0.3) is 0 Å². The number of amides is 1. The highest BCUT2D eigenvalue weighted by molar-refractivity contribution is 14.0. The number of nitrogens with zero attached hydrogens (tertiary/aromatic N) is 3. The molecule has 0 radical (unpaired) electrons. The number of guanidine groups is 1. The van der Waals surface area contributed by atoms with Gasteiger partial charge in [-0.15, -0.1) is 24.0 Å². The first kappa shape index (κ1) is 20.7. The molecule has 0 aliphatic carbocycles. The number of nitrogens with one attached hydrogen (secondary N) is 2. The Morgan fingerprint density at radius 3 is 2.88 bits per heavy atom. The molecule has 24 heavy (non-hydrogen) atoms. The van der Waals surface area contributed by atoms with Gasteiger partial charge in [-0.3, -0.25) is 14.8 Å². The second kappa shape index (κ2) is 10.5. The number of likely N-dealkylation sites (N-methyl/N-ethyl adjacent to an activating group) is 1. The van der Waals surface area contributed by atoms with Crippen molar-refractivity contribution in [3.63, 3.8) is 0 Å². The molecule has 1 fully saturated rings. The van der Waals surface area contributed by atoms with E-state index >= 15 is 0 Å². The molecule has 1 amide bonds. The minimum atomic E-state index is 0. The number of hydrogen-bond acceptors (Lipinski definition) is 3. The van der Waals surface area contributed by atoms with Crippen LogP contribution in [0.1, 0.15) is 31.0 Å². The highest BCUT2D eigenvalue weighted by Crippen LogP contribution is 2.09. The minimum absolute atomic E-state index is 0. The van der Waals surface area contributed by atoms with Gasteiger partial charge in [-0.2, -0.15) is 0 Å². The average molecular weight is 445 g/mol. The number of aryl methyl sites for hydroxylation is 1. The molecule has 0 bridgehead atoms. The zero-order chi connectivity index (χ0) is 16.7. The van der Waals surface area contributed by atoms with Gasteiger partial charge in [0.05, 0.1) is 0 Å². The molecular formula is C17H28IN5O. The maximum Gasteiger partial charge on any atom is 0.222 e. The molecule has 2 heterocycles. The lowest BCUT2D eigenvalue weighted by molar-refractivity contribution is -0.132. The second-order valence-electron chi connectivity index (χ2n) is 5.97. The van der Waals surface area contributed by atoms with E-state index in [4.69, 9.17) is 0 Å². The third kappa shape index (κ3) is 6.62. The fourth-order valence-corrected chi connectivity index (χ4v) is 2.59. The summed E-state index contributed by atoms with van der Waals surface area (Å²) in [4.78, 5) is 22.3. The van der Waals surface area contributed by atoms with E-state index in [9.17, 15) is 4.79 Å². The maximum absolute atomic E-state index is 11.6. The largest absolute Gasteiger partial charge is 0.357 e. The van der Waals surface area contributed by atoms with E-state index in [-0.39, 0.29) is 35.9 Å². The number of aliphatic imine (C=N–C) groups is 1. The standard InChI is InChI=1S/C17H27N5O.HI/c1-4-18-17(21-15-7-8-16(23)22(3)12-15)19-10-9-14-6-5-13(2)20-11-14;/h5-6,11,15H,4,7-10,12H2,1-3H3,(H2,18,19,21);1H. The SMILES string of the molecule is CCNC(=NCCc1ccc(C)nc1)NC1CCC(=O)N(C)C1.I. The molecule has 1 aliphatic heterocycles. The highest BCUT2D eigenvalue weighted by Gasteiger charge is 2.23. The summed E-state index contributed by atoms with van der Waals surface area (Å²) in [6.45, 7) is 6.30. The number of likely N-dealkylation sites (tertiary alicyclic amines) is 1. The normalized spacial score (nSPS) is 18.1. The molecule has 1 aromatic heterocycles. The molecule has 1 unspecified atom stereocenters. The summed E-state index contributed by atoms with van der Waals surface area (Å²) in [5.74, 6) is 1.04. The van der Waals surface area contributed by atoms with Crippen molar-refractivity contribution in [2.75, 3.05) is 26.7 Å². The van der Waals surface area contributed by atoms with Crippen molar-refractivity contribution in [3.05, 3.63) is 29.6 Å². The van der Waals surface area contributed by atoms with Crippen molar-refractivity contribution < 1.29 is 4.79 Å². The van der Waals surface area contributed by atoms with Gasteiger partial charge in [-0.25, -0.2) is 0 Å². The third-order valence-corrected chi connectivity index (χ3v) is 3.95. The van der Waals surface area contributed by atoms with Crippen molar-refractivity contribution in [2.24, 2.45) is 4.99 Å². The van der Waals surface area contributed by atoms with E-state index in [2.05, 4.69) is 33.6 Å². The predicted octanol–water partition coefficient (Wildman–Crippen LogP) is 1.73. The van der Waals surface area contributed by atoms with Crippen LogP contribution >= 0.6 is 24.0 Å². The predicted molar refractivity (Wildman–Crippen MR) is 108 cm³/mol. The fourth-order valence-electron chi connectivity index (χ4n) is 2.59. The van der Waals surface area contributed by atoms with Crippen molar-refractivity contribution in [3.8, 4) is 0 Å². The summed E-state index contributed by atoms with van der Waals surface area (Å²) in [5.41, 5.74) is 2.22. The van der Waals surface area contributed by atoms with Gasteiger partial charge in [0.2, 0.25) is 5.91 Å². The van der Waals surface area contributed by atoms with Crippen molar-refractivity contribution in [1.29, 1.82) is 0 Å². The molecule has 2 rings (SSSR count). The first-order valence-electron chi connectivity index (χ1n) is 8.29. The summed E-state index contributed by atoms with van der Waals surface area (Å²) < 4.78 is 0. The van der Waals surface area contributed by atoms with Gasteiger partial charge in [0.15, 0.2) is 5.96 Å². The molecular weight excluding hydrogens is 417 g/mol. The Balaban J connectivity index is 0.00000288. The summed E-state index contributed by atoms with van der Waals surface area (Å²) in [7, 11) is 1.85. The number of pyridine rings is 1. The topological polar surface area (TPSA) is 69.6 Å². The van der Waals surface area contributed by atoms with Gasteiger partial charge < -0.3 is 15.5 Å². The van der Waals surface area contributed by atoms with Crippen LogP contribution < -0.4 is 10.6 Å². The van der Waals surface area contributed by atoms with Gasteiger partial charge in [0.1, 0.15) is 0 Å². The molecule has 2 N–H and O–H groups in total. The van der Waals surface area contributed by atoms with Gasteiger partial charge in [-0.05, 0) is 38.3 Å². The Labute approximate surface area is 161 Å². The van der Waals surface area contributed by atoms with Crippen LogP contribution in [0.2, 0.25) is 0 Å². The van der Waals surface area contributed by atoms with E-state index in [1.54, 1.807) is 4.90 Å². The molecule has 134 valence electrons. The number of carbonyl (C=O) groups excluding carboxylic acids is 1. The molecule has 1 aliphatic rings. The lowest BCUT2D eigenvalue weighted by Crippen LogP contribution is -2.51. The van der Waals surface area contributed by atoms with E-state index in [0.717, 1.165) is 37.6 Å². The van der Waals surface area contributed by atoms with Gasteiger partial charge >= 0.3 is 0 Å². The van der Waals surface area contributed by atoms with Crippen molar-refractivity contribution in [2.45, 2.75) is 39.2 Å². The number of hydrogen-bond donors (Lipinski definition) is 2. The molecule has 0 spiro atoms. The molecule has 1 saturated heterocycles. The first-order valence-corrected chi connectivity index (χ1v) is 8.29. The van der Waals surface area contributed by atoms with Gasteiger partial charge in [0, 0.05) is 51.0 Å². The first-order chi connectivity index (χ1) is 11.1. The van der Waals surface area contributed by atoms with E-state index in [0.29, 0.717) is 13.0 Å². The lowest BCUT2D eigenvalue weighted by atomic mass is 10.1. The molecule has 0 saturated carbocycles. The van der Waals surface area contributed by atoms with E-state index < -0.39 is 0 Å². The molecule has 6 nitrogen and oxygen atoms in total. The Morgan fingerprint density at radius 2 is 2.25 bits per heavy atom. The van der Waals surface area contributed by atoms with Crippen molar-refractivity contribution in [1.82, 2.24) is 20.5 Å². The van der Waals surface area contributed by atoms with E-state index in [1.807, 2.05) is 26.2 Å². The van der Waals surface area contributed by atoms with Crippen LogP contribution in [0.5, 0.6) is 0 Å². The van der Waals surface area contributed by atoms with Crippen LogP contribution in [-0.2, 0) is 11.2 Å². The Morgan fingerprint density at radius 1 is 1.46 bits per heavy atom. The summed E-state index contributed by atoms with van der Waals surface area (Å²) in [6.07, 6.45) is 4.23. The van der Waals surface area contributed by atoms with Crippen molar-refractivity contribution >= 4 is 35.8 Å². The van der Waals surface area contributed by atoms with Crippen LogP contribution in [0, 0.1) is 6.92 Å². The quantitative estimate of drug-likeness (QED) is 0.412. The third-order valence-electron chi connectivity index (χ3n) is 3.95. The Bertz CT molecular complexity index is 546. The molecule has 1 atom stereocenters. The van der Waals surface area contributed by atoms with Crippen LogP contribution in [0.3, 0.4) is 0 Å². The van der Waals surface area contributed by atoms with Gasteiger partial charge in [-0.1, -0.05) is 6.07 Å². The zero-order valence-electron chi connectivity index (χ0n) is 14.7. The Kier molecular flexibility index (Phi) is 9.02. The number of halogens is 1. The zero-order valence-corrected chi connectivity index (χ0v) is 17.0. The summed E-state index contributed by atoms with van der Waals surface area (Å²) in [5, 5.41) is 6.70. The van der Waals surface area contributed by atoms with Gasteiger partial charge in [0.25, 0.3) is 0 Å².